The summed E-state index contributed by atoms with van der Waals surface area (Å²) in [5.74, 6) is -0.944. The van der Waals surface area contributed by atoms with Crippen molar-refractivity contribution in [1.29, 1.82) is 0 Å². The van der Waals surface area contributed by atoms with Crippen molar-refractivity contribution >= 4 is 12.0 Å². The average molecular weight is 280 g/mol. The maximum Gasteiger partial charge on any atom is 0.326 e. The number of aliphatic carboxylic acids is 1. The van der Waals surface area contributed by atoms with E-state index in [0.29, 0.717) is 19.5 Å². The highest BCUT2D eigenvalue weighted by Crippen LogP contribution is 2.23. The first-order valence-corrected chi connectivity index (χ1v) is 6.84. The monoisotopic (exact) mass is 280 g/mol. The van der Waals surface area contributed by atoms with Crippen LogP contribution < -0.4 is 5.32 Å². The highest BCUT2D eigenvalue weighted by atomic mass is 16.4. The van der Waals surface area contributed by atoms with Crippen molar-refractivity contribution in [3.05, 3.63) is 18.2 Å². The first kappa shape index (κ1) is 14.4. The van der Waals surface area contributed by atoms with E-state index >= 15 is 0 Å². The van der Waals surface area contributed by atoms with Gasteiger partial charge in [0.05, 0.1) is 6.33 Å². The number of hydrogen-bond donors (Lipinski definition) is 3. The second kappa shape index (κ2) is 6.40. The SMILES string of the molecule is CC1CCCN(C(=O)NCCc2cnc[nH]2)C1C(=O)O. The smallest absolute Gasteiger partial charge is 0.326 e. The standard InChI is InChI=1S/C13H20N4O3/c1-9-3-2-6-17(11(9)12(18)19)13(20)15-5-4-10-7-14-8-16-10/h7-9,11H,2-6H2,1H3,(H,14,16)(H,15,20)(H,18,19). The second-order valence-corrected chi connectivity index (χ2v) is 5.15. The highest BCUT2D eigenvalue weighted by molar-refractivity contribution is 5.83. The van der Waals surface area contributed by atoms with E-state index in [0.717, 1.165) is 18.5 Å². The minimum absolute atomic E-state index is 0.0143. The molecule has 0 aliphatic carbocycles. The molecule has 7 heteroatoms. The summed E-state index contributed by atoms with van der Waals surface area (Å²) in [7, 11) is 0. The van der Waals surface area contributed by atoms with E-state index in [1.54, 1.807) is 12.5 Å². The number of carbonyl (C=O) groups is 2. The third kappa shape index (κ3) is 3.28. The van der Waals surface area contributed by atoms with Crippen LogP contribution in [0.2, 0.25) is 0 Å². The topological polar surface area (TPSA) is 98.3 Å². The van der Waals surface area contributed by atoms with Gasteiger partial charge in [-0.2, -0.15) is 0 Å². The first-order chi connectivity index (χ1) is 9.59. The summed E-state index contributed by atoms with van der Waals surface area (Å²) in [4.78, 5) is 31.7. The Hall–Kier alpha value is -2.05. The predicted octanol–water partition coefficient (Wildman–Crippen LogP) is 0.847. The summed E-state index contributed by atoms with van der Waals surface area (Å²) in [5, 5.41) is 12.0. The molecular weight excluding hydrogens is 260 g/mol. The van der Waals surface area contributed by atoms with Crippen molar-refractivity contribution < 1.29 is 14.7 Å². The fraction of sp³-hybridized carbons (Fsp3) is 0.615. The van der Waals surface area contributed by atoms with Crippen molar-refractivity contribution in [2.45, 2.75) is 32.2 Å². The maximum absolute atomic E-state index is 12.1. The number of H-pyrrole nitrogens is 1. The number of carboxylic acid groups (broad SMARTS) is 1. The summed E-state index contributed by atoms with van der Waals surface area (Å²) in [5.41, 5.74) is 0.937. The Kier molecular flexibility index (Phi) is 4.60. The van der Waals surface area contributed by atoms with Gasteiger partial charge < -0.3 is 20.3 Å². The number of aromatic amines is 1. The lowest BCUT2D eigenvalue weighted by Gasteiger charge is -2.37. The molecule has 1 aromatic heterocycles. The summed E-state index contributed by atoms with van der Waals surface area (Å²) in [6, 6.07) is -1.03. The molecule has 1 aliphatic rings. The van der Waals surface area contributed by atoms with Crippen molar-refractivity contribution in [3.8, 4) is 0 Å². The van der Waals surface area contributed by atoms with E-state index in [4.69, 9.17) is 0 Å². The van der Waals surface area contributed by atoms with Crippen LogP contribution in [0.3, 0.4) is 0 Å². The number of imidazole rings is 1. The number of carbonyl (C=O) groups excluding carboxylic acids is 1. The molecule has 1 aliphatic heterocycles. The molecule has 0 radical (unpaired) electrons. The van der Waals surface area contributed by atoms with Crippen molar-refractivity contribution in [2.75, 3.05) is 13.1 Å². The molecular formula is C13H20N4O3. The number of amides is 2. The minimum Gasteiger partial charge on any atom is -0.480 e. The Morgan fingerprint density at radius 2 is 2.40 bits per heavy atom. The Bertz CT molecular complexity index is 460. The predicted molar refractivity (Wildman–Crippen MR) is 72.2 cm³/mol. The van der Waals surface area contributed by atoms with E-state index in [1.165, 1.54) is 4.90 Å². The van der Waals surface area contributed by atoms with Crippen molar-refractivity contribution in [1.82, 2.24) is 20.2 Å². The number of rotatable bonds is 4. The lowest BCUT2D eigenvalue weighted by atomic mass is 9.91. The molecule has 2 heterocycles. The van der Waals surface area contributed by atoms with E-state index in [9.17, 15) is 14.7 Å². The van der Waals surface area contributed by atoms with E-state index < -0.39 is 12.0 Å². The van der Waals surface area contributed by atoms with Crippen LogP contribution in [-0.4, -0.2) is 51.1 Å². The molecule has 7 nitrogen and oxygen atoms in total. The van der Waals surface area contributed by atoms with Gasteiger partial charge in [0.2, 0.25) is 0 Å². The quantitative estimate of drug-likeness (QED) is 0.761. The van der Waals surface area contributed by atoms with Crippen LogP contribution in [0.5, 0.6) is 0 Å². The average Bonchev–Trinajstić information content (AvgIpc) is 2.91. The number of urea groups is 1. The molecule has 1 aromatic rings. The number of likely N-dealkylation sites (tertiary alicyclic amines) is 1. The van der Waals surface area contributed by atoms with E-state index in [-0.39, 0.29) is 11.9 Å². The van der Waals surface area contributed by atoms with Crippen LogP contribution in [0.25, 0.3) is 0 Å². The van der Waals surface area contributed by atoms with Crippen LogP contribution >= 0.6 is 0 Å². The largest absolute Gasteiger partial charge is 0.480 e. The van der Waals surface area contributed by atoms with Crippen LogP contribution in [0.1, 0.15) is 25.5 Å². The number of piperidine rings is 1. The lowest BCUT2D eigenvalue weighted by molar-refractivity contribution is -0.145. The Morgan fingerprint density at radius 3 is 3.05 bits per heavy atom. The Labute approximate surface area is 117 Å². The molecule has 110 valence electrons. The molecule has 0 spiro atoms. The van der Waals surface area contributed by atoms with Gasteiger partial charge in [0.1, 0.15) is 6.04 Å². The van der Waals surface area contributed by atoms with Gasteiger partial charge in [-0.1, -0.05) is 6.92 Å². The Balaban J connectivity index is 1.88. The summed E-state index contributed by atoms with van der Waals surface area (Å²) in [6.07, 6.45) is 5.62. The van der Waals surface area contributed by atoms with Crippen LogP contribution in [-0.2, 0) is 11.2 Å². The number of hydrogen-bond acceptors (Lipinski definition) is 3. The fourth-order valence-corrected chi connectivity index (χ4v) is 2.62. The lowest BCUT2D eigenvalue weighted by Crippen LogP contribution is -2.55. The Morgan fingerprint density at radius 1 is 1.60 bits per heavy atom. The van der Waals surface area contributed by atoms with E-state index in [1.807, 2.05) is 6.92 Å². The zero-order valence-electron chi connectivity index (χ0n) is 11.5. The summed E-state index contributed by atoms with van der Waals surface area (Å²) >= 11 is 0. The molecule has 3 N–H and O–H groups in total. The van der Waals surface area contributed by atoms with Crippen LogP contribution in [0.4, 0.5) is 4.79 Å². The number of carboxylic acids is 1. The molecule has 0 saturated carbocycles. The molecule has 2 amide bonds. The van der Waals surface area contributed by atoms with Gasteiger partial charge in [0, 0.05) is 31.4 Å². The van der Waals surface area contributed by atoms with Crippen LogP contribution in [0.15, 0.2) is 12.5 Å². The van der Waals surface area contributed by atoms with Gasteiger partial charge in [-0.3, -0.25) is 0 Å². The first-order valence-electron chi connectivity index (χ1n) is 6.84. The third-order valence-electron chi connectivity index (χ3n) is 3.67. The zero-order valence-corrected chi connectivity index (χ0v) is 11.5. The van der Waals surface area contributed by atoms with Gasteiger partial charge in [0.15, 0.2) is 0 Å². The summed E-state index contributed by atoms with van der Waals surface area (Å²) < 4.78 is 0. The molecule has 1 saturated heterocycles. The third-order valence-corrected chi connectivity index (χ3v) is 3.67. The zero-order chi connectivity index (χ0) is 14.5. The molecule has 1 fully saturated rings. The van der Waals surface area contributed by atoms with Gasteiger partial charge in [-0.05, 0) is 18.8 Å². The minimum atomic E-state index is -0.930. The van der Waals surface area contributed by atoms with Crippen molar-refractivity contribution in [2.24, 2.45) is 5.92 Å². The normalized spacial score (nSPS) is 22.6. The number of nitrogens with one attached hydrogen (secondary N) is 2. The molecule has 2 atom stereocenters. The molecule has 0 aromatic carbocycles. The highest BCUT2D eigenvalue weighted by Gasteiger charge is 2.36. The van der Waals surface area contributed by atoms with Gasteiger partial charge in [-0.25, -0.2) is 14.6 Å². The van der Waals surface area contributed by atoms with Gasteiger partial charge >= 0.3 is 12.0 Å². The van der Waals surface area contributed by atoms with Gasteiger partial charge in [-0.15, -0.1) is 0 Å². The molecule has 2 rings (SSSR count). The van der Waals surface area contributed by atoms with Crippen molar-refractivity contribution in [3.63, 3.8) is 0 Å². The number of aromatic nitrogens is 2. The second-order valence-electron chi connectivity index (χ2n) is 5.15. The van der Waals surface area contributed by atoms with E-state index in [2.05, 4.69) is 15.3 Å². The molecule has 0 bridgehead atoms. The van der Waals surface area contributed by atoms with Crippen LogP contribution in [0, 0.1) is 5.92 Å². The van der Waals surface area contributed by atoms with Gasteiger partial charge in [0.25, 0.3) is 0 Å². The molecule has 2 unspecified atom stereocenters. The molecule has 20 heavy (non-hydrogen) atoms. The summed E-state index contributed by atoms with van der Waals surface area (Å²) in [6.45, 7) is 2.83. The maximum atomic E-state index is 12.1. The number of nitrogens with zero attached hydrogens (tertiary/aromatic N) is 2. The fourth-order valence-electron chi connectivity index (χ4n) is 2.62.